The number of hydrogen-bond donors (Lipinski definition) is 1. The van der Waals surface area contributed by atoms with Crippen LogP contribution < -0.4 is 10.1 Å². The van der Waals surface area contributed by atoms with Crippen LogP contribution in [0.25, 0.3) is 0 Å². The minimum absolute atomic E-state index is 0.0350. The summed E-state index contributed by atoms with van der Waals surface area (Å²) in [7, 11) is 1.32. The second-order valence-electron chi connectivity index (χ2n) is 6.74. The van der Waals surface area contributed by atoms with Gasteiger partial charge < -0.3 is 14.8 Å². The number of amides is 1. The first-order valence-electron chi connectivity index (χ1n) is 9.38. The zero-order valence-corrected chi connectivity index (χ0v) is 17.7. The summed E-state index contributed by atoms with van der Waals surface area (Å²) in [6, 6.07) is 12.5. The average Bonchev–Trinajstić information content (AvgIpc) is 2.77. The number of aromatic nitrogens is 1. The summed E-state index contributed by atoms with van der Waals surface area (Å²) in [6.07, 6.45) is 2.46. The summed E-state index contributed by atoms with van der Waals surface area (Å²) in [4.78, 5) is 28.2. The van der Waals surface area contributed by atoms with E-state index in [2.05, 4.69) is 15.0 Å². The molecule has 1 aromatic heterocycles. The smallest absolute Gasteiger partial charge is 0.337 e. The van der Waals surface area contributed by atoms with E-state index < -0.39 is 11.8 Å². The molecule has 1 amide bonds. The maximum absolute atomic E-state index is 13.3. The molecule has 0 aliphatic carbocycles. The third-order valence-electron chi connectivity index (χ3n) is 4.57. The van der Waals surface area contributed by atoms with Gasteiger partial charge in [-0.25, -0.2) is 9.18 Å². The van der Waals surface area contributed by atoms with Gasteiger partial charge in [0, 0.05) is 22.2 Å². The number of halogens is 2. The van der Waals surface area contributed by atoms with Crippen LogP contribution in [0.1, 0.15) is 44.8 Å². The van der Waals surface area contributed by atoms with E-state index in [0.717, 1.165) is 11.8 Å². The van der Waals surface area contributed by atoms with E-state index >= 15 is 0 Å². The second-order valence-corrected chi connectivity index (χ2v) is 7.17. The van der Waals surface area contributed by atoms with Crippen LogP contribution in [0.15, 0.2) is 60.9 Å². The topological polar surface area (TPSA) is 77.5 Å². The van der Waals surface area contributed by atoms with Crippen LogP contribution in [0.3, 0.4) is 0 Å². The maximum Gasteiger partial charge on any atom is 0.337 e. The van der Waals surface area contributed by atoms with Crippen molar-refractivity contribution in [2.24, 2.45) is 0 Å². The number of benzene rings is 2. The van der Waals surface area contributed by atoms with Crippen molar-refractivity contribution in [3.63, 3.8) is 0 Å². The molecule has 160 valence electrons. The van der Waals surface area contributed by atoms with Gasteiger partial charge in [-0.15, -0.1) is 0 Å². The molecule has 3 aromatic rings. The largest absolute Gasteiger partial charge is 0.487 e. The van der Waals surface area contributed by atoms with E-state index in [0.29, 0.717) is 21.7 Å². The molecule has 0 aliphatic rings. The van der Waals surface area contributed by atoms with E-state index in [1.807, 2.05) is 6.92 Å². The number of methoxy groups -OCH3 is 1. The Kier molecular flexibility index (Phi) is 7.20. The first-order valence-corrected chi connectivity index (χ1v) is 9.76. The van der Waals surface area contributed by atoms with E-state index in [9.17, 15) is 14.0 Å². The minimum Gasteiger partial charge on any atom is -0.487 e. The molecule has 3 rings (SSSR count). The van der Waals surface area contributed by atoms with Gasteiger partial charge in [-0.1, -0.05) is 29.8 Å². The first kappa shape index (κ1) is 22.2. The van der Waals surface area contributed by atoms with Crippen molar-refractivity contribution in [1.82, 2.24) is 10.3 Å². The van der Waals surface area contributed by atoms with Crippen molar-refractivity contribution in [2.45, 2.75) is 19.6 Å². The van der Waals surface area contributed by atoms with E-state index in [1.165, 1.54) is 19.4 Å². The SMILES string of the molecule is COC(=O)c1ccc([C@H](C)NC(=O)c2cc(Cl)ccc2COc2cncc(F)c2)cc1. The number of carbonyl (C=O) groups is 2. The predicted molar refractivity (Wildman–Crippen MR) is 114 cm³/mol. The number of hydrogen-bond acceptors (Lipinski definition) is 5. The van der Waals surface area contributed by atoms with Crippen LogP contribution in [0.5, 0.6) is 5.75 Å². The lowest BCUT2D eigenvalue weighted by Crippen LogP contribution is -2.27. The zero-order chi connectivity index (χ0) is 22.4. The Balaban J connectivity index is 1.73. The van der Waals surface area contributed by atoms with Gasteiger partial charge >= 0.3 is 5.97 Å². The molecule has 2 aromatic carbocycles. The van der Waals surface area contributed by atoms with Crippen molar-refractivity contribution in [2.75, 3.05) is 7.11 Å². The number of rotatable bonds is 7. The van der Waals surface area contributed by atoms with Gasteiger partial charge in [0.25, 0.3) is 5.91 Å². The fourth-order valence-electron chi connectivity index (χ4n) is 2.90. The summed E-state index contributed by atoms with van der Waals surface area (Å²) in [5, 5.41) is 3.31. The molecule has 0 bridgehead atoms. The third kappa shape index (κ3) is 5.79. The molecular weight excluding hydrogens is 423 g/mol. The highest BCUT2D eigenvalue weighted by Gasteiger charge is 2.17. The number of ether oxygens (including phenoxy) is 2. The highest BCUT2D eigenvalue weighted by atomic mass is 35.5. The van der Waals surface area contributed by atoms with Crippen molar-refractivity contribution in [3.8, 4) is 5.75 Å². The van der Waals surface area contributed by atoms with Gasteiger partial charge in [-0.3, -0.25) is 9.78 Å². The average molecular weight is 443 g/mol. The van der Waals surface area contributed by atoms with Gasteiger partial charge in [0.05, 0.1) is 31.1 Å². The molecule has 1 heterocycles. The molecule has 0 unspecified atom stereocenters. The fourth-order valence-corrected chi connectivity index (χ4v) is 3.07. The van der Waals surface area contributed by atoms with Gasteiger partial charge in [-0.05, 0) is 36.8 Å². The van der Waals surface area contributed by atoms with Crippen LogP contribution in [-0.4, -0.2) is 24.0 Å². The Morgan fingerprint density at radius 3 is 2.55 bits per heavy atom. The van der Waals surface area contributed by atoms with Crippen molar-refractivity contribution in [3.05, 3.63) is 94.0 Å². The summed E-state index contributed by atoms with van der Waals surface area (Å²) in [5.74, 6) is -1.04. The Morgan fingerprint density at radius 1 is 1.13 bits per heavy atom. The maximum atomic E-state index is 13.3. The Morgan fingerprint density at radius 2 is 1.87 bits per heavy atom. The molecule has 0 saturated heterocycles. The molecule has 0 fully saturated rings. The molecule has 8 heteroatoms. The minimum atomic E-state index is -0.515. The zero-order valence-electron chi connectivity index (χ0n) is 16.9. The number of pyridine rings is 1. The van der Waals surface area contributed by atoms with Crippen molar-refractivity contribution >= 4 is 23.5 Å². The van der Waals surface area contributed by atoms with E-state index in [4.69, 9.17) is 16.3 Å². The summed E-state index contributed by atoms with van der Waals surface area (Å²) < 4.78 is 23.6. The monoisotopic (exact) mass is 442 g/mol. The number of esters is 1. The standard InChI is InChI=1S/C23H20ClFN2O4/c1-14(15-3-5-16(6-4-15)23(29)30-2)27-22(28)21-9-18(24)8-7-17(21)13-31-20-10-19(25)11-26-12-20/h3-12,14H,13H2,1-2H3,(H,27,28)/t14-/m0/s1. The van der Waals surface area contributed by atoms with Crippen LogP contribution in [0, 0.1) is 5.82 Å². The highest BCUT2D eigenvalue weighted by Crippen LogP contribution is 2.21. The van der Waals surface area contributed by atoms with E-state index in [-0.39, 0.29) is 24.3 Å². The fraction of sp³-hybridized carbons (Fsp3) is 0.174. The van der Waals surface area contributed by atoms with Crippen LogP contribution in [0.2, 0.25) is 5.02 Å². The molecule has 0 radical (unpaired) electrons. The number of nitrogens with zero attached hydrogens (tertiary/aromatic N) is 1. The van der Waals surface area contributed by atoms with Crippen LogP contribution in [-0.2, 0) is 11.3 Å². The predicted octanol–water partition coefficient (Wildman–Crippen LogP) is 4.73. The summed E-state index contributed by atoms with van der Waals surface area (Å²) in [6.45, 7) is 1.86. The lowest BCUT2D eigenvalue weighted by atomic mass is 10.0. The second kappa shape index (κ2) is 10.0. The lowest BCUT2D eigenvalue weighted by molar-refractivity contribution is 0.0600. The Labute approximate surface area is 184 Å². The Bertz CT molecular complexity index is 1090. The third-order valence-corrected chi connectivity index (χ3v) is 4.81. The van der Waals surface area contributed by atoms with E-state index in [1.54, 1.807) is 42.5 Å². The quantitative estimate of drug-likeness (QED) is 0.535. The van der Waals surface area contributed by atoms with Crippen LogP contribution >= 0.6 is 11.6 Å². The van der Waals surface area contributed by atoms with Crippen molar-refractivity contribution in [1.29, 1.82) is 0 Å². The summed E-state index contributed by atoms with van der Waals surface area (Å²) >= 11 is 6.09. The highest BCUT2D eigenvalue weighted by molar-refractivity contribution is 6.31. The van der Waals surface area contributed by atoms with Gasteiger partial charge in [0.2, 0.25) is 0 Å². The molecule has 1 atom stereocenters. The van der Waals surface area contributed by atoms with Crippen molar-refractivity contribution < 1.29 is 23.5 Å². The first-order chi connectivity index (χ1) is 14.9. The molecular formula is C23H20ClFN2O4. The van der Waals surface area contributed by atoms with Gasteiger partial charge in [0.15, 0.2) is 0 Å². The van der Waals surface area contributed by atoms with Crippen LogP contribution in [0.4, 0.5) is 4.39 Å². The molecule has 0 saturated carbocycles. The molecule has 31 heavy (non-hydrogen) atoms. The molecule has 0 spiro atoms. The van der Waals surface area contributed by atoms with Gasteiger partial charge in [0.1, 0.15) is 18.2 Å². The molecule has 6 nitrogen and oxygen atoms in total. The molecule has 1 N–H and O–H groups in total. The molecule has 0 aliphatic heterocycles. The number of carbonyl (C=O) groups excluding carboxylic acids is 2. The normalized spacial score (nSPS) is 11.5. The Hall–Kier alpha value is -3.45. The number of nitrogens with one attached hydrogen (secondary N) is 1. The summed E-state index contributed by atoms with van der Waals surface area (Å²) in [5.41, 5.74) is 2.16. The lowest BCUT2D eigenvalue weighted by Gasteiger charge is -2.17. The van der Waals surface area contributed by atoms with Gasteiger partial charge in [-0.2, -0.15) is 0 Å².